The van der Waals surface area contributed by atoms with E-state index in [1.165, 1.54) is 12.1 Å². The molecule has 0 saturated heterocycles. The molecule has 0 bridgehead atoms. The predicted molar refractivity (Wildman–Crippen MR) is 53.2 cm³/mol. The number of hydrogen-bond donors (Lipinski definition) is 0. The van der Waals surface area contributed by atoms with E-state index in [0.717, 1.165) is 17.6 Å². The van der Waals surface area contributed by atoms with Gasteiger partial charge in [0.15, 0.2) is 0 Å². The van der Waals surface area contributed by atoms with Gasteiger partial charge in [0, 0.05) is 12.8 Å². The number of hydrogen-bond acceptors (Lipinski definition) is 1. The van der Waals surface area contributed by atoms with Crippen LogP contribution in [0.4, 0.5) is 4.39 Å². The van der Waals surface area contributed by atoms with Gasteiger partial charge in [-0.25, -0.2) is 4.39 Å². The Bertz CT molecular complexity index is 376. The third-order valence-corrected chi connectivity index (χ3v) is 2.46. The van der Waals surface area contributed by atoms with Gasteiger partial charge in [-0.3, -0.25) is 4.79 Å². The highest BCUT2D eigenvalue weighted by Crippen LogP contribution is 2.24. The van der Waals surface area contributed by atoms with E-state index in [1.54, 1.807) is 12.1 Å². The molecule has 0 atom stereocenters. The lowest BCUT2D eigenvalue weighted by Crippen LogP contribution is -2.02. The lowest BCUT2D eigenvalue weighted by molar-refractivity contribution is -0.118. The van der Waals surface area contributed by atoms with Gasteiger partial charge in [-0.05, 0) is 29.7 Å². The van der Waals surface area contributed by atoms with E-state index in [2.05, 4.69) is 0 Å². The van der Waals surface area contributed by atoms with Crippen LogP contribution in [0, 0.1) is 5.82 Å². The summed E-state index contributed by atoms with van der Waals surface area (Å²) in [7, 11) is 0. The summed E-state index contributed by atoms with van der Waals surface area (Å²) in [4.78, 5) is 11.0. The highest BCUT2D eigenvalue weighted by molar-refractivity contribution is 5.86. The Morgan fingerprint density at radius 1 is 1.07 bits per heavy atom. The molecule has 0 aliphatic heterocycles. The molecule has 0 radical (unpaired) electrons. The van der Waals surface area contributed by atoms with E-state index in [9.17, 15) is 9.18 Å². The first kappa shape index (κ1) is 9.13. The second kappa shape index (κ2) is 3.74. The quantitative estimate of drug-likeness (QED) is 0.665. The fraction of sp³-hybridized carbons (Fsp3) is 0.250. The first-order valence-corrected chi connectivity index (χ1v) is 4.72. The fourth-order valence-electron chi connectivity index (χ4n) is 1.64. The van der Waals surface area contributed by atoms with Crippen LogP contribution in [0.5, 0.6) is 0 Å². The third-order valence-electron chi connectivity index (χ3n) is 2.46. The van der Waals surface area contributed by atoms with Gasteiger partial charge in [-0.2, -0.15) is 0 Å². The number of halogens is 1. The number of carbonyl (C=O) groups excluding carboxylic acids is 1. The Kier molecular flexibility index (Phi) is 2.44. The minimum atomic E-state index is -0.221. The first-order chi connectivity index (χ1) is 6.75. The maximum atomic E-state index is 12.6. The number of allylic oxidation sites excluding steroid dienone is 2. The maximum Gasteiger partial charge on any atom is 0.137 e. The Labute approximate surface area is 82.3 Å². The molecule has 1 aromatic rings. The molecule has 0 saturated carbocycles. The molecule has 1 aromatic carbocycles. The van der Waals surface area contributed by atoms with Crippen molar-refractivity contribution in [3.05, 3.63) is 41.7 Å². The molecule has 0 amide bonds. The Morgan fingerprint density at radius 2 is 1.79 bits per heavy atom. The smallest absolute Gasteiger partial charge is 0.137 e. The summed E-state index contributed by atoms with van der Waals surface area (Å²) in [5.74, 6) is 0.0668. The minimum Gasteiger partial charge on any atom is -0.299 e. The standard InChI is InChI=1S/C12H11FO/c13-11-5-1-9(2-6-11)10-3-7-12(14)8-4-10/h1-3,5-6H,4,7-8H2. The average Bonchev–Trinajstić information content (AvgIpc) is 2.21. The molecule has 0 spiro atoms. The van der Waals surface area contributed by atoms with Crippen LogP contribution in [0.15, 0.2) is 30.3 Å². The zero-order valence-electron chi connectivity index (χ0n) is 7.79. The number of ketones is 1. The number of rotatable bonds is 1. The van der Waals surface area contributed by atoms with Gasteiger partial charge in [-0.1, -0.05) is 18.2 Å². The van der Waals surface area contributed by atoms with Gasteiger partial charge in [0.2, 0.25) is 0 Å². The van der Waals surface area contributed by atoms with Crippen molar-refractivity contribution in [3.63, 3.8) is 0 Å². The maximum absolute atomic E-state index is 12.6. The van der Waals surface area contributed by atoms with E-state index in [4.69, 9.17) is 0 Å². The van der Waals surface area contributed by atoms with Crippen LogP contribution in [0.3, 0.4) is 0 Å². The van der Waals surface area contributed by atoms with Crippen molar-refractivity contribution in [3.8, 4) is 0 Å². The normalized spacial score (nSPS) is 16.6. The molecule has 1 aliphatic carbocycles. The molecule has 72 valence electrons. The molecular weight excluding hydrogens is 179 g/mol. The van der Waals surface area contributed by atoms with Crippen molar-refractivity contribution in [2.45, 2.75) is 19.3 Å². The first-order valence-electron chi connectivity index (χ1n) is 4.72. The van der Waals surface area contributed by atoms with E-state index in [0.29, 0.717) is 12.8 Å². The highest BCUT2D eigenvalue weighted by atomic mass is 19.1. The molecule has 0 unspecified atom stereocenters. The van der Waals surface area contributed by atoms with E-state index in [-0.39, 0.29) is 11.6 Å². The van der Waals surface area contributed by atoms with Gasteiger partial charge in [0.05, 0.1) is 0 Å². The van der Waals surface area contributed by atoms with E-state index in [1.807, 2.05) is 6.08 Å². The van der Waals surface area contributed by atoms with Crippen LogP contribution in [0.25, 0.3) is 5.57 Å². The van der Waals surface area contributed by atoms with Crippen molar-refractivity contribution in [2.24, 2.45) is 0 Å². The lowest BCUT2D eigenvalue weighted by Gasteiger charge is -2.11. The average molecular weight is 190 g/mol. The van der Waals surface area contributed by atoms with Crippen LogP contribution in [0.2, 0.25) is 0 Å². The monoisotopic (exact) mass is 190 g/mol. The van der Waals surface area contributed by atoms with E-state index < -0.39 is 0 Å². The molecule has 0 aromatic heterocycles. The van der Waals surface area contributed by atoms with Gasteiger partial charge in [-0.15, -0.1) is 0 Å². The predicted octanol–water partition coefficient (Wildman–Crippen LogP) is 2.96. The molecule has 14 heavy (non-hydrogen) atoms. The van der Waals surface area contributed by atoms with Crippen molar-refractivity contribution < 1.29 is 9.18 Å². The summed E-state index contributed by atoms with van der Waals surface area (Å²) < 4.78 is 12.6. The molecule has 2 heteroatoms. The Morgan fingerprint density at radius 3 is 2.36 bits per heavy atom. The summed E-state index contributed by atoms with van der Waals surface area (Å²) in [5, 5.41) is 0. The van der Waals surface area contributed by atoms with Crippen molar-refractivity contribution in [1.29, 1.82) is 0 Å². The molecular formula is C12H11FO. The summed E-state index contributed by atoms with van der Waals surface area (Å²) >= 11 is 0. The van der Waals surface area contributed by atoms with Crippen molar-refractivity contribution >= 4 is 11.4 Å². The number of Topliss-reactive ketones (excluding diaryl/α,β-unsaturated/α-hetero) is 1. The molecule has 0 N–H and O–H groups in total. The second-order valence-corrected chi connectivity index (χ2v) is 3.48. The summed E-state index contributed by atoms with van der Waals surface area (Å²) in [6, 6.07) is 6.42. The molecule has 2 rings (SSSR count). The lowest BCUT2D eigenvalue weighted by atomic mass is 9.93. The number of carbonyl (C=O) groups is 1. The molecule has 1 nitrogen and oxygen atoms in total. The molecule has 0 heterocycles. The SMILES string of the molecule is O=C1CC=C(c2ccc(F)cc2)CC1. The Balaban J connectivity index is 2.23. The van der Waals surface area contributed by atoms with Crippen LogP contribution in [0.1, 0.15) is 24.8 Å². The highest BCUT2D eigenvalue weighted by Gasteiger charge is 2.11. The number of benzene rings is 1. The van der Waals surface area contributed by atoms with Gasteiger partial charge in [0.25, 0.3) is 0 Å². The zero-order chi connectivity index (χ0) is 9.97. The van der Waals surface area contributed by atoms with Crippen molar-refractivity contribution in [2.75, 3.05) is 0 Å². The summed E-state index contributed by atoms with van der Waals surface area (Å²) in [6.45, 7) is 0. The second-order valence-electron chi connectivity index (χ2n) is 3.48. The van der Waals surface area contributed by atoms with Gasteiger partial charge in [0.1, 0.15) is 11.6 Å². The van der Waals surface area contributed by atoms with Gasteiger partial charge < -0.3 is 0 Å². The van der Waals surface area contributed by atoms with Crippen LogP contribution >= 0.6 is 0 Å². The van der Waals surface area contributed by atoms with Crippen LogP contribution in [-0.4, -0.2) is 5.78 Å². The Hall–Kier alpha value is -1.44. The molecule has 1 aliphatic rings. The zero-order valence-corrected chi connectivity index (χ0v) is 7.79. The van der Waals surface area contributed by atoms with Crippen molar-refractivity contribution in [1.82, 2.24) is 0 Å². The van der Waals surface area contributed by atoms with Crippen LogP contribution in [-0.2, 0) is 4.79 Å². The fourth-order valence-corrected chi connectivity index (χ4v) is 1.64. The van der Waals surface area contributed by atoms with E-state index >= 15 is 0 Å². The summed E-state index contributed by atoms with van der Waals surface area (Å²) in [5.41, 5.74) is 2.18. The minimum absolute atomic E-state index is 0.221. The summed E-state index contributed by atoms with van der Waals surface area (Å²) in [6.07, 6.45) is 3.86. The topological polar surface area (TPSA) is 17.1 Å². The third kappa shape index (κ3) is 1.90. The van der Waals surface area contributed by atoms with Gasteiger partial charge >= 0.3 is 0 Å². The van der Waals surface area contributed by atoms with Crippen LogP contribution < -0.4 is 0 Å². The largest absolute Gasteiger partial charge is 0.299 e. The molecule has 0 fully saturated rings.